The second kappa shape index (κ2) is 6.02. The zero-order chi connectivity index (χ0) is 13.8. The van der Waals surface area contributed by atoms with Gasteiger partial charge in [-0.2, -0.15) is 5.10 Å². The van der Waals surface area contributed by atoms with E-state index in [9.17, 15) is 0 Å². The molecule has 0 amide bonds. The van der Waals surface area contributed by atoms with Crippen molar-refractivity contribution in [3.05, 3.63) is 34.0 Å². The molecule has 2 N–H and O–H groups in total. The molecular weight excluding hydrogens is 262 g/mol. The Balaban J connectivity index is 1.86. The minimum absolute atomic E-state index is 0.433. The average Bonchev–Trinajstić information content (AvgIpc) is 2.77. The van der Waals surface area contributed by atoms with E-state index in [-0.39, 0.29) is 0 Å². The molecule has 2 aromatic heterocycles. The maximum atomic E-state index is 6.05. The fourth-order valence-electron chi connectivity index (χ4n) is 1.80. The lowest BCUT2D eigenvalue weighted by Gasteiger charge is -2.09. The van der Waals surface area contributed by atoms with Crippen LogP contribution in [-0.2, 0) is 6.42 Å². The van der Waals surface area contributed by atoms with E-state index in [1.165, 1.54) is 5.56 Å². The summed E-state index contributed by atoms with van der Waals surface area (Å²) in [5, 5.41) is 10.6. The summed E-state index contributed by atoms with van der Waals surface area (Å²) in [6.07, 6.45) is 3.84. The molecule has 2 aromatic rings. The summed E-state index contributed by atoms with van der Waals surface area (Å²) < 4.78 is 0. The number of nitrogens with zero attached hydrogens (tertiary/aromatic N) is 3. The van der Waals surface area contributed by atoms with E-state index in [0.29, 0.717) is 11.0 Å². The Bertz CT molecular complexity index is 564. The van der Waals surface area contributed by atoms with Crippen LogP contribution < -0.4 is 5.32 Å². The van der Waals surface area contributed by atoms with Crippen LogP contribution in [-0.4, -0.2) is 26.7 Å². The summed E-state index contributed by atoms with van der Waals surface area (Å²) in [5.41, 5.74) is 4.14. The number of rotatable bonds is 5. The monoisotopic (exact) mass is 279 g/mol. The lowest BCUT2D eigenvalue weighted by atomic mass is 10.1. The van der Waals surface area contributed by atoms with Crippen molar-refractivity contribution in [3.8, 4) is 0 Å². The van der Waals surface area contributed by atoms with Crippen LogP contribution in [0.3, 0.4) is 0 Å². The van der Waals surface area contributed by atoms with Gasteiger partial charge >= 0.3 is 0 Å². The van der Waals surface area contributed by atoms with Gasteiger partial charge in [-0.25, -0.2) is 9.97 Å². The summed E-state index contributed by atoms with van der Waals surface area (Å²) >= 11 is 6.05. The van der Waals surface area contributed by atoms with Crippen LogP contribution in [0.15, 0.2) is 6.20 Å². The van der Waals surface area contributed by atoms with E-state index < -0.39 is 0 Å². The van der Waals surface area contributed by atoms with E-state index in [1.807, 2.05) is 27.0 Å². The molecule has 0 unspecified atom stereocenters. The van der Waals surface area contributed by atoms with Crippen LogP contribution in [0.1, 0.15) is 29.1 Å². The fourth-order valence-corrected chi connectivity index (χ4v) is 2.04. The number of aromatic nitrogens is 4. The molecule has 2 heterocycles. The Kier molecular flexibility index (Phi) is 4.37. The van der Waals surface area contributed by atoms with E-state index in [2.05, 4.69) is 25.5 Å². The summed E-state index contributed by atoms with van der Waals surface area (Å²) in [5.74, 6) is 0.661. The SMILES string of the molecule is Cc1nc(Cl)c(NCCCc2cn[nH]c2C)nc1C. The lowest BCUT2D eigenvalue weighted by Crippen LogP contribution is -2.07. The summed E-state index contributed by atoms with van der Waals surface area (Å²) in [6.45, 7) is 6.67. The zero-order valence-electron chi connectivity index (χ0n) is 11.4. The summed E-state index contributed by atoms with van der Waals surface area (Å²) in [6, 6.07) is 0. The predicted molar refractivity (Wildman–Crippen MR) is 76.7 cm³/mol. The number of nitrogens with one attached hydrogen (secondary N) is 2. The number of halogens is 1. The molecule has 6 heteroatoms. The third-order valence-corrected chi connectivity index (χ3v) is 3.38. The number of aromatic amines is 1. The maximum absolute atomic E-state index is 6.05. The smallest absolute Gasteiger partial charge is 0.171 e. The molecule has 0 aliphatic heterocycles. The first-order valence-corrected chi connectivity index (χ1v) is 6.69. The molecule has 0 spiro atoms. The van der Waals surface area contributed by atoms with E-state index in [0.717, 1.165) is 36.5 Å². The first-order chi connectivity index (χ1) is 9.08. The average molecular weight is 280 g/mol. The van der Waals surface area contributed by atoms with Gasteiger partial charge in [0.1, 0.15) is 0 Å². The maximum Gasteiger partial charge on any atom is 0.171 e. The van der Waals surface area contributed by atoms with Crippen molar-refractivity contribution in [1.82, 2.24) is 20.2 Å². The zero-order valence-corrected chi connectivity index (χ0v) is 12.2. The van der Waals surface area contributed by atoms with E-state index >= 15 is 0 Å². The minimum Gasteiger partial charge on any atom is -0.367 e. The van der Waals surface area contributed by atoms with Gasteiger partial charge < -0.3 is 5.32 Å². The number of anilines is 1. The first kappa shape index (κ1) is 13.8. The second-order valence-electron chi connectivity index (χ2n) is 4.58. The molecule has 0 radical (unpaired) electrons. The van der Waals surface area contributed by atoms with Crippen molar-refractivity contribution in [2.24, 2.45) is 0 Å². The van der Waals surface area contributed by atoms with Gasteiger partial charge in [-0.3, -0.25) is 5.10 Å². The molecule has 0 aromatic carbocycles. The number of hydrogen-bond acceptors (Lipinski definition) is 4. The van der Waals surface area contributed by atoms with Gasteiger partial charge in [0.2, 0.25) is 0 Å². The quantitative estimate of drug-likeness (QED) is 0.826. The molecule has 0 saturated carbocycles. The van der Waals surface area contributed by atoms with Crippen LogP contribution in [0, 0.1) is 20.8 Å². The number of hydrogen-bond donors (Lipinski definition) is 2. The molecule has 102 valence electrons. The minimum atomic E-state index is 0.433. The van der Waals surface area contributed by atoms with Gasteiger partial charge in [0, 0.05) is 12.2 Å². The highest BCUT2D eigenvalue weighted by Crippen LogP contribution is 2.18. The molecule has 0 aliphatic carbocycles. The Labute approximate surface area is 117 Å². The Morgan fingerprint density at radius 2 is 1.95 bits per heavy atom. The second-order valence-corrected chi connectivity index (χ2v) is 4.94. The molecule has 2 rings (SSSR count). The summed E-state index contributed by atoms with van der Waals surface area (Å²) in [7, 11) is 0. The molecular formula is C13H18ClN5. The van der Waals surface area contributed by atoms with Crippen molar-refractivity contribution in [1.29, 1.82) is 0 Å². The highest BCUT2D eigenvalue weighted by molar-refractivity contribution is 6.31. The van der Waals surface area contributed by atoms with Crippen molar-refractivity contribution < 1.29 is 0 Å². The van der Waals surface area contributed by atoms with Gasteiger partial charge in [0.15, 0.2) is 11.0 Å². The molecule has 0 atom stereocenters. The Hall–Kier alpha value is -1.62. The number of aryl methyl sites for hydroxylation is 4. The normalized spacial score (nSPS) is 10.7. The van der Waals surface area contributed by atoms with Crippen LogP contribution in [0.2, 0.25) is 5.15 Å². The lowest BCUT2D eigenvalue weighted by molar-refractivity contribution is 0.850. The molecule has 0 aliphatic rings. The highest BCUT2D eigenvalue weighted by Gasteiger charge is 2.06. The van der Waals surface area contributed by atoms with Crippen LogP contribution in [0.5, 0.6) is 0 Å². The van der Waals surface area contributed by atoms with E-state index in [1.54, 1.807) is 0 Å². The largest absolute Gasteiger partial charge is 0.367 e. The van der Waals surface area contributed by atoms with Crippen LogP contribution in [0.4, 0.5) is 5.82 Å². The van der Waals surface area contributed by atoms with Gasteiger partial charge in [0.25, 0.3) is 0 Å². The van der Waals surface area contributed by atoms with E-state index in [4.69, 9.17) is 11.6 Å². The Morgan fingerprint density at radius 1 is 1.21 bits per heavy atom. The first-order valence-electron chi connectivity index (χ1n) is 6.31. The van der Waals surface area contributed by atoms with Gasteiger partial charge in [-0.15, -0.1) is 0 Å². The van der Waals surface area contributed by atoms with Crippen LogP contribution in [0.25, 0.3) is 0 Å². The van der Waals surface area contributed by atoms with Gasteiger partial charge in [0.05, 0.1) is 17.6 Å². The third-order valence-electron chi connectivity index (χ3n) is 3.11. The summed E-state index contributed by atoms with van der Waals surface area (Å²) in [4.78, 5) is 8.64. The van der Waals surface area contributed by atoms with Gasteiger partial charge in [-0.05, 0) is 39.2 Å². The molecule has 0 fully saturated rings. The van der Waals surface area contributed by atoms with Gasteiger partial charge in [-0.1, -0.05) is 11.6 Å². The molecule has 0 saturated heterocycles. The Morgan fingerprint density at radius 3 is 2.63 bits per heavy atom. The van der Waals surface area contributed by atoms with Crippen LogP contribution >= 0.6 is 11.6 Å². The standard InChI is InChI=1S/C13H18ClN5/c1-8-9(2)18-13(12(14)17-8)15-6-4-5-11-7-16-19-10(11)3/h7H,4-6H2,1-3H3,(H,15,18)(H,16,19). The topological polar surface area (TPSA) is 66.5 Å². The molecule has 0 bridgehead atoms. The fraction of sp³-hybridized carbons (Fsp3) is 0.462. The molecule has 5 nitrogen and oxygen atoms in total. The van der Waals surface area contributed by atoms with Crippen molar-refractivity contribution in [2.45, 2.75) is 33.6 Å². The number of H-pyrrole nitrogens is 1. The molecule has 19 heavy (non-hydrogen) atoms. The van der Waals surface area contributed by atoms with Crippen molar-refractivity contribution in [2.75, 3.05) is 11.9 Å². The highest BCUT2D eigenvalue weighted by atomic mass is 35.5. The van der Waals surface area contributed by atoms with Crippen molar-refractivity contribution in [3.63, 3.8) is 0 Å². The van der Waals surface area contributed by atoms with Crippen molar-refractivity contribution >= 4 is 17.4 Å². The predicted octanol–water partition coefficient (Wildman–Crippen LogP) is 2.82. The third kappa shape index (κ3) is 3.44.